The first-order valence-corrected chi connectivity index (χ1v) is 11.1. The van der Waals surface area contributed by atoms with E-state index in [4.69, 9.17) is 9.47 Å². The van der Waals surface area contributed by atoms with Crippen molar-refractivity contribution in [2.45, 2.75) is 26.4 Å². The predicted molar refractivity (Wildman–Crippen MR) is 130 cm³/mol. The molecule has 174 valence electrons. The maximum atomic E-state index is 12.7. The molecule has 1 heterocycles. The lowest BCUT2D eigenvalue weighted by molar-refractivity contribution is -0.129. The maximum Gasteiger partial charge on any atom is 0.338 e. The van der Waals surface area contributed by atoms with E-state index >= 15 is 0 Å². The Morgan fingerprint density at radius 2 is 1.76 bits per heavy atom. The van der Waals surface area contributed by atoms with Gasteiger partial charge in [0.05, 0.1) is 23.7 Å². The summed E-state index contributed by atoms with van der Waals surface area (Å²) in [4.78, 5) is 29.7. The molecule has 0 aliphatic carbocycles. The fourth-order valence-corrected chi connectivity index (χ4v) is 3.78. The molecule has 4 aromatic rings. The highest BCUT2D eigenvalue weighted by atomic mass is 16.5. The molecule has 7 nitrogen and oxygen atoms in total. The van der Waals surface area contributed by atoms with E-state index in [0.717, 1.165) is 28.3 Å². The number of imidazole rings is 1. The number of hydrogen-bond acceptors (Lipinski definition) is 5. The molecule has 1 atom stereocenters. The lowest BCUT2D eigenvalue weighted by Gasteiger charge is -2.14. The number of para-hydroxylation sites is 1. The molecular weight excluding hydrogens is 430 g/mol. The SMILES string of the molecule is COc1ccc(CCNC(=O)C(C)OC(=O)c2ccc3c(c2)nc(C)n3-c2ccccc2)cc1. The number of ether oxygens (including phenoxy) is 2. The van der Waals surface area contributed by atoms with Gasteiger partial charge in [-0.05, 0) is 68.3 Å². The fourth-order valence-electron chi connectivity index (χ4n) is 3.78. The molecule has 3 aromatic carbocycles. The van der Waals surface area contributed by atoms with E-state index in [0.29, 0.717) is 24.0 Å². The smallest absolute Gasteiger partial charge is 0.338 e. The van der Waals surface area contributed by atoms with Gasteiger partial charge >= 0.3 is 5.97 Å². The van der Waals surface area contributed by atoms with Crippen molar-refractivity contribution in [3.63, 3.8) is 0 Å². The molecule has 4 rings (SSSR count). The molecule has 7 heteroatoms. The van der Waals surface area contributed by atoms with Gasteiger partial charge in [-0.2, -0.15) is 0 Å². The summed E-state index contributed by atoms with van der Waals surface area (Å²) in [7, 11) is 1.62. The zero-order valence-electron chi connectivity index (χ0n) is 19.4. The van der Waals surface area contributed by atoms with Crippen LogP contribution < -0.4 is 10.1 Å². The van der Waals surface area contributed by atoms with Gasteiger partial charge in [-0.3, -0.25) is 9.36 Å². The maximum absolute atomic E-state index is 12.7. The van der Waals surface area contributed by atoms with Crippen LogP contribution in [-0.4, -0.2) is 41.2 Å². The van der Waals surface area contributed by atoms with Crippen LogP contribution in [0, 0.1) is 6.92 Å². The number of aromatic nitrogens is 2. The summed E-state index contributed by atoms with van der Waals surface area (Å²) in [6.07, 6.45) is -0.251. The van der Waals surface area contributed by atoms with E-state index in [2.05, 4.69) is 10.3 Å². The van der Waals surface area contributed by atoms with E-state index in [-0.39, 0.29) is 5.91 Å². The van der Waals surface area contributed by atoms with Crippen molar-refractivity contribution < 1.29 is 19.1 Å². The highest BCUT2D eigenvalue weighted by Crippen LogP contribution is 2.22. The molecular formula is C27H27N3O4. The molecule has 1 N–H and O–H groups in total. The Morgan fingerprint density at radius 1 is 1.03 bits per heavy atom. The van der Waals surface area contributed by atoms with Crippen LogP contribution in [0.3, 0.4) is 0 Å². The number of nitrogens with one attached hydrogen (secondary N) is 1. The van der Waals surface area contributed by atoms with Crippen molar-refractivity contribution >= 4 is 22.9 Å². The van der Waals surface area contributed by atoms with Crippen LogP contribution in [-0.2, 0) is 16.0 Å². The molecule has 1 aromatic heterocycles. The average Bonchev–Trinajstić information content (AvgIpc) is 3.19. The van der Waals surface area contributed by atoms with Crippen LogP contribution in [0.4, 0.5) is 0 Å². The summed E-state index contributed by atoms with van der Waals surface area (Å²) in [5, 5.41) is 2.81. The molecule has 0 aliphatic rings. The van der Waals surface area contributed by atoms with E-state index < -0.39 is 12.1 Å². The number of rotatable bonds is 8. The largest absolute Gasteiger partial charge is 0.497 e. The molecule has 0 bridgehead atoms. The lowest BCUT2D eigenvalue weighted by atomic mass is 10.1. The number of methoxy groups -OCH3 is 1. The molecule has 0 fully saturated rings. The minimum absolute atomic E-state index is 0.341. The minimum Gasteiger partial charge on any atom is -0.497 e. The van der Waals surface area contributed by atoms with E-state index in [1.165, 1.54) is 0 Å². The first-order valence-electron chi connectivity index (χ1n) is 11.1. The van der Waals surface area contributed by atoms with Crippen LogP contribution in [0.15, 0.2) is 72.8 Å². The second-order valence-electron chi connectivity index (χ2n) is 7.97. The Bertz CT molecular complexity index is 1300. The van der Waals surface area contributed by atoms with Gasteiger partial charge in [0, 0.05) is 12.2 Å². The Hall–Kier alpha value is -4.13. The summed E-state index contributed by atoms with van der Waals surface area (Å²) >= 11 is 0. The zero-order chi connectivity index (χ0) is 24.1. The molecule has 0 spiro atoms. The Morgan fingerprint density at radius 3 is 2.47 bits per heavy atom. The van der Waals surface area contributed by atoms with Gasteiger partial charge in [0.2, 0.25) is 0 Å². The number of hydrogen-bond donors (Lipinski definition) is 1. The second-order valence-corrected chi connectivity index (χ2v) is 7.97. The monoisotopic (exact) mass is 457 g/mol. The third-order valence-corrected chi connectivity index (χ3v) is 5.60. The number of esters is 1. The van der Waals surface area contributed by atoms with Gasteiger partial charge < -0.3 is 14.8 Å². The Balaban J connectivity index is 1.36. The van der Waals surface area contributed by atoms with Gasteiger partial charge in [0.25, 0.3) is 5.91 Å². The highest BCUT2D eigenvalue weighted by molar-refractivity contribution is 5.95. The standard InChI is InChI=1S/C27H27N3O4/c1-18(26(31)28-16-15-20-9-12-23(33-3)13-10-20)34-27(32)21-11-14-25-24(17-21)29-19(2)30(25)22-7-5-4-6-8-22/h4-14,17-18H,15-16H2,1-3H3,(H,28,31). The first kappa shape index (κ1) is 23.0. The number of amides is 1. The number of carbonyl (C=O) groups is 2. The van der Waals surface area contributed by atoms with Gasteiger partial charge in [-0.25, -0.2) is 9.78 Å². The molecule has 0 radical (unpaired) electrons. The van der Waals surface area contributed by atoms with Gasteiger partial charge in [-0.15, -0.1) is 0 Å². The number of nitrogens with zero attached hydrogens (tertiary/aromatic N) is 2. The number of carbonyl (C=O) groups excluding carboxylic acids is 2. The van der Waals surface area contributed by atoms with Gasteiger partial charge in [-0.1, -0.05) is 30.3 Å². The number of fused-ring (bicyclic) bond motifs is 1. The number of aryl methyl sites for hydroxylation is 1. The van der Waals surface area contributed by atoms with Crippen LogP contribution in [0.2, 0.25) is 0 Å². The van der Waals surface area contributed by atoms with Crippen LogP contribution in [0.1, 0.15) is 28.7 Å². The third kappa shape index (κ3) is 5.09. The normalized spacial score (nSPS) is 11.7. The molecule has 0 aliphatic heterocycles. The predicted octanol–water partition coefficient (Wildman–Crippen LogP) is 4.25. The summed E-state index contributed by atoms with van der Waals surface area (Å²) in [5.74, 6) is 0.698. The van der Waals surface area contributed by atoms with Gasteiger partial charge in [0.1, 0.15) is 11.6 Å². The topological polar surface area (TPSA) is 82.4 Å². The van der Waals surface area contributed by atoms with Crippen LogP contribution in [0.5, 0.6) is 5.75 Å². The van der Waals surface area contributed by atoms with E-state index in [1.807, 2.05) is 72.2 Å². The summed E-state index contributed by atoms with van der Waals surface area (Å²) in [5.41, 5.74) is 4.00. The van der Waals surface area contributed by atoms with Crippen molar-refractivity contribution in [2.75, 3.05) is 13.7 Å². The summed E-state index contributed by atoms with van der Waals surface area (Å²) in [6, 6.07) is 22.8. The third-order valence-electron chi connectivity index (χ3n) is 5.60. The quantitative estimate of drug-likeness (QED) is 0.400. The summed E-state index contributed by atoms with van der Waals surface area (Å²) in [6.45, 7) is 3.92. The van der Waals surface area contributed by atoms with Crippen molar-refractivity contribution in [1.82, 2.24) is 14.9 Å². The van der Waals surface area contributed by atoms with Crippen molar-refractivity contribution in [3.8, 4) is 11.4 Å². The number of benzene rings is 3. The second kappa shape index (κ2) is 10.2. The molecule has 0 saturated heterocycles. The molecule has 34 heavy (non-hydrogen) atoms. The Kier molecular flexibility index (Phi) is 6.92. The zero-order valence-corrected chi connectivity index (χ0v) is 19.4. The fraction of sp³-hybridized carbons (Fsp3) is 0.222. The van der Waals surface area contributed by atoms with Crippen LogP contribution >= 0.6 is 0 Å². The Labute approximate surface area is 198 Å². The highest BCUT2D eigenvalue weighted by Gasteiger charge is 2.20. The van der Waals surface area contributed by atoms with E-state index in [1.54, 1.807) is 26.2 Å². The van der Waals surface area contributed by atoms with Crippen molar-refractivity contribution in [2.24, 2.45) is 0 Å². The molecule has 0 saturated carbocycles. The van der Waals surface area contributed by atoms with Gasteiger partial charge in [0.15, 0.2) is 6.10 Å². The lowest BCUT2D eigenvalue weighted by Crippen LogP contribution is -2.36. The van der Waals surface area contributed by atoms with E-state index in [9.17, 15) is 9.59 Å². The van der Waals surface area contributed by atoms with Crippen molar-refractivity contribution in [3.05, 3.63) is 89.7 Å². The first-order chi connectivity index (χ1) is 16.5. The molecule has 1 amide bonds. The summed E-state index contributed by atoms with van der Waals surface area (Å²) < 4.78 is 12.6. The molecule has 1 unspecified atom stereocenters. The average molecular weight is 458 g/mol. The van der Waals surface area contributed by atoms with Crippen molar-refractivity contribution in [1.29, 1.82) is 0 Å². The minimum atomic E-state index is -0.914. The van der Waals surface area contributed by atoms with Crippen LogP contribution in [0.25, 0.3) is 16.7 Å².